The van der Waals surface area contributed by atoms with E-state index < -0.39 is 11.6 Å². The molecule has 0 spiro atoms. The van der Waals surface area contributed by atoms with E-state index in [-0.39, 0.29) is 11.5 Å². The molecule has 0 saturated carbocycles. The Morgan fingerprint density at radius 3 is 2.70 bits per heavy atom. The van der Waals surface area contributed by atoms with Gasteiger partial charge in [-0.25, -0.2) is 10.3 Å². The first kappa shape index (κ1) is 26.6. The highest BCUT2D eigenvalue weighted by Gasteiger charge is 2.28. The van der Waals surface area contributed by atoms with Gasteiger partial charge in [0.1, 0.15) is 6.23 Å². The fraction of sp³-hybridized carbons (Fsp3) is 0.429. The smallest absolute Gasteiger partial charge is 0.242 e. The molecule has 1 aliphatic rings. The van der Waals surface area contributed by atoms with Gasteiger partial charge in [-0.3, -0.25) is 5.32 Å². The molecule has 3 heterocycles. The number of aliphatic hydroxyl groups excluding tert-OH is 1. The Labute approximate surface area is 218 Å². The van der Waals surface area contributed by atoms with Gasteiger partial charge in [-0.2, -0.15) is 15.2 Å². The fourth-order valence-corrected chi connectivity index (χ4v) is 4.49. The third-order valence-electron chi connectivity index (χ3n) is 6.58. The minimum Gasteiger partial charge on any atom is -0.374 e. The number of aliphatic hydroxyl groups is 1. The number of nitrogens with zero attached hydrogens (tertiary/aromatic N) is 4. The van der Waals surface area contributed by atoms with E-state index in [0.717, 1.165) is 18.8 Å². The summed E-state index contributed by atoms with van der Waals surface area (Å²) < 4.78 is 0. The van der Waals surface area contributed by atoms with E-state index in [1.807, 2.05) is 51.2 Å². The Morgan fingerprint density at radius 2 is 1.97 bits per heavy atom. The molecule has 2 aromatic heterocycles. The number of nitrogens with two attached hydrogens (primary N) is 1. The van der Waals surface area contributed by atoms with Crippen molar-refractivity contribution in [3.63, 3.8) is 0 Å². The van der Waals surface area contributed by atoms with Crippen LogP contribution in [0.5, 0.6) is 0 Å². The van der Waals surface area contributed by atoms with Crippen molar-refractivity contribution in [3.05, 3.63) is 65.0 Å². The molecule has 1 atom stereocenters. The molecule has 1 aromatic carbocycles. The van der Waals surface area contributed by atoms with Crippen molar-refractivity contribution >= 4 is 23.3 Å². The van der Waals surface area contributed by atoms with Crippen LogP contribution in [0.1, 0.15) is 70.2 Å². The van der Waals surface area contributed by atoms with E-state index in [2.05, 4.69) is 64.0 Å². The van der Waals surface area contributed by atoms with Gasteiger partial charge >= 0.3 is 0 Å². The van der Waals surface area contributed by atoms with Crippen molar-refractivity contribution in [1.29, 1.82) is 5.26 Å². The van der Waals surface area contributed by atoms with E-state index in [4.69, 9.17) is 4.98 Å². The normalized spacial score (nSPS) is 15.6. The number of hydrogen-bond acceptors (Lipinski definition) is 8. The number of nitrogens with one attached hydrogen (secondary N) is 3. The average Bonchev–Trinajstić information content (AvgIpc) is 2.83. The highest BCUT2D eigenvalue weighted by atomic mass is 16.3. The van der Waals surface area contributed by atoms with Crippen LogP contribution in [-0.2, 0) is 17.4 Å². The summed E-state index contributed by atoms with van der Waals surface area (Å²) in [4.78, 5) is 13.9. The summed E-state index contributed by atoms with van der Waals surface area (Å²) in [6.07, 6.45) is 0.684. The molecule has 0 saturated heterocycles. The lowest BCUT2D eigenvalue weighted by atomic mass is 9.79. The number of hydrogen-bond donors (Lipinski definition) is 5. The third kappa shape index (κ3) is 6.12. The fourth-order valence-electron chi connectivity index (χ4n) is 4.49. The molecular formula is C28H37N8O+. The predicted octanol–water partition coefficient (Wildman–Crippen LogP) is 3.31. The first-order chi connectivity index (χ1) is 17.5. The molecule has 0 amide bonds. The zero-order chi connectivity index (χ0) is 26.8. The summed E-state index contributed by atoms with van der Waals surface area (Å²) in [5, 5.41) is 32.1. The number of rotatable bonds is 8. The highest BCUT2D eigenvalue weighted by molar-refractivity contribution is 5.58. The zero-order valence-corrected chi connectivity index (χ0v) is 22.4. The molecule has 37 heavy (non-hydrogen) atoms. The minimum absolute atomic E-state index is 0.0619. The van der Waals surface area contributed by atoms with Crippen molar-refractivity contribution in [1.82, 2.24) is 25.6 Å². The number of anilines is 2. The maximum absolute atomic E-state index is 10.8. The summed E-state index contributed by atoms with van der Waals surface area (Å²) in [5.74, 6) is 1.60. The minimum atomic E-state index is -0.948. The third-order valence-corrected chi connectivity index (χ3v) is 6.58. The molecule has 0 bridgehead atoms. The molecule has 9 nitrogen and oxygen atoms in total. The van der Waals surface area contributed by atoms with Crippen molar-refractivity contribution < 1.29 is 10.4 Å². The Balaban J connectivity index is 1.66. The maximum Gasteiger partial charge on any atom is 0.242 e. The zero-order valence-electron chi connectivity index (χ0n) is 22.4. The van der Waals surface area contributed by atoms with Crippen molar-refractivity contribution in [2.24, 2.45) is 0 Å². The number of benzene rings is 1. The SMILES string of the molecule is CC(C)NC(O)c1cnc(Nc2ccc3c(c2)CNCC3(C)C)nc1[NH2+]c1cccc(C(C)(C)C#N)n1. The molecule has 0 aliphatic carbocycles. The van der Waals surface area contributed by atoms with Crippen LogP contribution in [0.4, 0.5) is 23.3 Å². The quantitative estimate of drug-likeness (QED) is 0.297. The Hall–Kier alpha value is -3.42. The van der Waals surface area contributed by atoms with Gasteiger partial charge in [0.25, 0.3) is 0 Å². The lowest BCUT2D eigenvalue weighted by Gasteiger charge is -2.33. The van der Waals surface area contributed by atoms with Gasteiger partial charge in [-0.1, -0.05) is 26.0 Å². The average molecular weight is 502 g/mol. The van der Waals surface area contributed by atoms with Crippen molar-refractivity contribution in [3.8, 4) is 6.07 Å². The van der Waals surface area contributed by atoms with Crippen LogP contribution in [-0.4, -0.2) is 32.6 Å². The van der Waals surface area contributed by atoms with Gasteiger partial charge in [0.15, 0.2) is 0 Å². The van der Waals surface area contributed by atoms with E-state index in [1.165, 1.54) is 11.1 Å². The summed E-state index contributed by atoms with van der Waals surface area (Å²) in [7, 11) is 0. The second-order valence-corrected chi connectivity index (χ2v) is 11.1. The summed E-state index contributed by atoms with van der Waals surface area (Å²) in [5.41, 5.74) is 4.06. The second-order valence-electron chi connectivity index (χ2n) is 11.1. The number of quaternary nitrogens is 1. The van der Waals surface area contributed by atoms with E-state index in [1.54, 1.807) is 6.20 Å². The Bertz CT molecular complexity index is 1310. The number of fused-ring (bicyclic) bond motifs is 1. The lowest BCUT2D eigenvalue weighted by Crippen LogP contribution is -2.73. The summed E-state index contributed by atoms with van der Waals surface area (Å²) in [6.45, 7) is 13.9. The molecule has 0 fully saturated rings. The van der Waals surface area contributed by atoms with Crippen LogP contribution in [0, 0.1) is 11.3 Å². The monoisotopic (exact) mass is 501 g/mol. The van der Waals surface area contributed by atoms with Gasteiger partial charge in [-0.15, -0.1) is 0 Å². The topological polar surface area (TPSA) is 135 Å². The van der Waals surface area contributed by atoms with Crippen LogP contribution in [0.25, 0.3) is 0 Å². The predicted molar refractivity (Wildman–Crippen MR) is 144 cm³/mol. The van der Waals surface area contributed by atoms with Crippen LogP contribution < -0.4 is 21.3 Å². The van der Waals surface area contributed by atoms with Gasteiger partial charge in [0.05, 0.1) is 22.7 Å². The van der Waals surface area contributed by atoms with Crippen LogP contribution in [0.2, 0.25) is 0 Å². The summed E-state index contributed by atoms with van der Waals surface area (Å²) >= 11 is 0. The highest BCUT2D eigenvalue weighted by Crippen LogP contribution is 2.32. The van der Waals surface area contributed by atoms with Crippen LogP contribution >= 0.6 is 0 Å². The molecular weight excluding hydrogens is 464 g/mol. The van der Waals surface area contributed by atoms with Crippen LogP contribution in [0.15, 0.2) is 42.6 Å². The van der Waals surface area contributed by atoms with Gasteiger partial charge in [0.2, 0.25) is 17.6 Å². The second kappa shape index (κ2) is 10.5. The van der Waals surface area contributed by atoms with E-state index in [9.17, 15) is 10.4 Å². The lowest BCUT2D eigenvalue weighted by molar-refractivity contribution is -0.488. The molecule has 1 unspecified atom stereocenters. The molecule has 6 N–H and O–H groups in total. The van der Waals surface area contributed by atoms with Crippen molar-refractivity contribution in [2.75, 3.05) is 11.9 Å². The maximum atomic E-state index is 10.8. The largest absolute Gasteiger partial charge is 0.374 e. The first-order valence-corrected chi connectivity index (χ1v) is 12.6. The molecule has 0 radical (unpaired) electrons. The molecule has 1 aliphatic heterocycles. The molecule has 4 rings (SSSR count). The van der Waals surface area contributed by atoms with Crippen LogP contribution in [0.3, 0.4) is 0 Å². The Kier molecular flexibility index (Phi) is 7.57. The van der Waals surface area contributed by atoms with Gasteiger partial charge < -0.3 is 15.7 Å². The first-order valence-electron chi connectivity index (χ1n) is 12.6. The van der Waals surface area contributed by atoms with E-state index >= 15 is 0 Å². The molecule has 194 valence electrons. The summed E-state index contributed by atoms with van der Waals surface area (Å²) in [6, 6.07) is 14.3. The standard InChI is InChI=1S/C28H36N8O/c1-17(2)32-25(37)20-14-31-26(33-19-10-11-21-18(12-19)13-30-16-28(21,5)6)36-24(20)35-23-9-7-8-22(34-23)27(3,4)15-29/h7-12,14,17,25,30,32,37H,13,16H2,1-6H3,(H2,31,33,34,35,36)/p+1. The molecule has 3 aromatic rings. The van der Waals surface area contributed by atoms with Gasteiger partial charge in [-0.05, 0) is 57.0 Å². The number of aromatic nitrogens is 3. The van der Waals surface area contributed by atoms with Crippen molar-refractivity contribution in [2.45, 2.75) is 71.2 Å². The Morgan fingerprint density at radius 1 is 1.19 bits per heavy atom. The number of nitriles is 1. The number of pyridine rings is 1. The molecule has 9 heteroatoms. The van der Waals surface area contributed by atoms with Gasteiger partial charge in [0, 0.05) is 42.5 Å². The van der Waals surface area contributed by atoms with E-state index in [0.29, 0.717) is 28.8 Å².